The Morgan fingerprint density at radius 2 is 1.70 bits per heavy atom. The first-order valence-electron chi connectivity index (χ1n) is 8.90. The normalized spacial score (nSPS) is 14.0. The van der Waals surface area contributed by atoms with Gasteiger partial charge < -0.3 is 19.9 Å². The summed E-state index contributed by atoms with van der Waals surface area (Å²) in [6.45, 7) is 5.63. The van der Waals surface area contributed by atoms with Crippen LogP contribution in [0, 0.1) is 0 Å². The van der Waals surface area contributed by atoms with E-state index in [9.17, 15) is 4.79 Å². The minimum absolute atomic E-state index is 0.315. The quantitative estimate of drug-likeness (QED) is 0.614. The molecule has 0 spiro atoms. The van der Waals surface area contributed by atoms with Crippen LogP contribution in [0.2, 0.25) is 5.02 Å². The van der Waals surface area contributed by atoms with Gasteiger partial charge in [-0.1, -0.05) is 11.6 Å². The average molecular weight is 404 g/mol. The maximum atomic E-state index is 11.7. The lowest BCUT2D eigenvalue weighted by Gasteiger charge is -2.37. The lowest BCUT2D eigenvalue weighted by molar-refractivity contribution is 0.0526. The lowest BCUT2D eigenvalue weighted by atomic mass is 10.2. The summed E-state index contributed by atoms with van der Waals surface area (Å²) in [6.07, 6.45) is 0. The van der Waals surface area contributed by atoms with Crippen LogP contribution in [0.4, 0.5) is 11.4 Å². The lowest BCUT2D eigenvalue weighted by Crippen LogP contribution is -2.50. The molecule has 27 heavy (non-hydrogen) atoms. The molecule has 1 aliphatic heterocycles. The van der Waals surface area contributed by atoms with Gasteiger partial charge in [0.2, 0.25) is 0 Å². The summed E-state index contributed by atoms with van der Waals surface area (Å²) in [5, 5.41) is 4.68. The molecule has 0 amide bonds. The van der Waals surface area contributed by atoms with Crippen molar-refractivity contribution < 1.29 is 9.53 Å². The van der Waals surface area contributed by atoms with Gasteiger partial charge in [-0.15, -0.1) is 0 Å². The van der Waals surface area contributed by atoms with Crippen molar-refractivity contribution in [2.75, 3.05) is 43.0 Å². The summed E-state index contributed by atoms with van der Waals surface area (Å²) in [5.74, 6) is -0.315. The van der Waals surface area contributed by atoms with E-state index in [0.29, 0.717) is 17.3 Å². The highest BCUT2D eigenvalue weighted by molar-refractivity contribution is 7.80. The third-order valence-corrected chi connectivity index (χ3v) is 5.02. The second-order valence-electron chi connectivity index (χ2n) is 6.18. The van der Waals surface area contributed by atoms with Gasteiger partial charge in [0, 0.05) is 42.6 Å². The molecule has 1 heterocycles. The number of rotatable bonds is 4. The maximum absolute atomic E-state index is 11.7. The molecule has 0 saturated carbocycles. The van der Waals surface area contributed by atoms with Crippen LogP contribution in [0.1, 0.15) is 17.3 Å². The van der Waals surface area contributed by atoms with Crippen molar-refractivity contribution >= 4 is 46.3 Å². The van der Waals surface area contributed by atoms with Gasteiger partial charge in [0.15, 0.2) is 5.11 Å². The highest BCUT2D eigenvalue weighted by Crippen LogP contribution is 2.20. The molecule has 1 fully saturated rings. The highest BCUT2D eigenvalue weighted by atomic mass is 35.5. The zero-order valence-electron chi connectivity index (χ0n) is 15.2. The highest BCUT2D eigenvalue weighted by Gasteiger charge is 2.19. The van der Waals surface area contributed by atoms with Crippen molar-refractivity contribution in [2.24, 2.45) is 0 Å². The summed E-state index contributed by atoms with van der Waals surface area (Å²) >= 11 is 11.5. The van der Waals surface area contributed by atoms with Crippen LogP contribution in [0.25, 0.3) is 0 Å². The zero-order valence-corrected chi connectivity index (χ0v) is 16.7. The monoisotopic (exact) mass is 403 g/mol. The van der Waals surface area contributed by atoms with Gasteiger partial charge in [0.05, 0.1) is 12.2 Å². The molecule has 5 nitrogen and oxygen atoms in total. The fraction of sp³-hybridized carbons (Fsp3) is 0.300. The van der Waals surface area contributed by atoms with Crippen molar-refractivity contribution in [3.8, 4) is 0 Å². The minimum atomic E-state index is -0.315. The Morgan fingerprint density at radius 1 is 1.07 bits per heavy atom. The van der Waals surface area contributed by atoms with Crippen molar-refractivity contribution in [2.45, 2.75) is 6.92 Å². The fourth-order valence-electron chi connectivity index (χ4n) is 2.93. The average Bonchev–Trinajstić information content (AvgIpc) is 2.69. The van der Waals surface area contributed by atoms with Crippen LogP contribution >= 0.6 is 23.8 Å². The first kappa shape index (κ1) is 19.5. The standard InChI is InChI=1S/C20H22ClN3O2S/c1-2-26-19(25)15-3-7-17(8-4-15)22-20(27)24-13-11-23(12-14-24)18-9-5-16(21)6-10-18/h3-10H,2,11-14H2,1H3,(H,22,27). The second-order valence-corrected chi connectivity index (χ2v) is 7.00. The van der Waals surface area contributed by atoms with Crippen LogP contribution in [0.5, 0.6) is 0 Å². The molecular formula is C20H22ClN3O2S. The number of halogens is 1. The molecule has 7 heteroatoms. The van der Waals surface area contributed by atoms with Crippen molar-refractivity contribution in [3.63, 3.8) is 0 Å². The molecule has 0 bridgehead atoms. The van der Waals surface area contributed by atoms with E-state index in [-0.39, 0.29) is 5.97 Å². The van der Waals surface area contributed by atoms with Crippen molar-refractivity contribution in [1.82, 2.24) is 4.90 Å². The number of esters is 1. The molecular weight excluding hydrogens is 382 g/mol. The number of hydrogen-bond acceptors (Lipinski definition) is 4. The van der Waals surface area contributed by atoms with Gasteiger partial charge in [-0.2, -0.15) is 0 Å². The van der Waals surface area contributed by atoms with Crippen molar-refractivity contribution in [3.05, 3.63) is 59.1 Å². The number of thiocarbonyl (C=S) groups is 1. The molecule has 0 aliphatic carbocycles. The second kappa shape index (κ2) is 9.06. The molecule has 1 saturated heterocycles. The van der Waals surface area contributed by atoms with Gasteiger partial charge >= 0.3 is 5.97 Å². The number of hydrogen-bond donors (Lipinski definition) is 1. The summed E-state index contributed by atoms with van der Waals surface area (Å²) in [5.41, 5.74) is 2.56. The Balaban J connectivity index is 1.52. The topological polar surface area (TPSA) is 44.8 Å². The van der Waals surface area contributed by atoms with E-state index in [4.69, 9.17) is 28.6 Å². The van der Waals surface area contributed by atoms with Crippen LogP contribution in [-0.2, 0) is 4.74 Å². The van der Waals surface area contributed by atoms with Gasteiger partial charge in [0.25, 0.3) is 0 Å². The van der Waals surface area contributed by atoms with E-state index >= 15 is 0 Å². The molecule has 0 unspecified atom stereocenters. The van der Waals surface area contributed by atoms with Crippen LogP contribution < -0.4 is 10.2 Å². The predicted octanol–water partition coefficient (Wildman–Crippen LogP) is 4.04. The molecule has 2 aromatic carbocycles. The maximum Gasteiger partial charge on any atom is 0.338 e. The molecule has 2 aromatic rings. The largest absolute Gasteiger partial charge is 0.462 e. The third kappa shape index (κ3) is 5.11. The van der Waals surface area contributed by atoms with Gasteiger partial charge in [-0.25, -0.2) is 4.79 Å². The van der Waals surface area contributed by atoms with Crippen LogP contribution in [-0.4, -0.2) is 48.8 Å². The number of carbonyl (C=O) groups excluding carboxylic acids is 1. The molecule has 0 atom stereocenters. The SMILES string of the molecule is CCOC(=O)c1ccc(NC(=S)N2CCN(c3ccc(Cl)cc3)CC2)cc1. The number of carbonyl (C=O) groups is 1. The third-order valence-electron chi connectivity index (χ3n) is 4.41. The van der Waals surface area contributed by atoms with E-state index < -0.39 is 0 Å². The number of piperazine rings is 1. The minimum Gasteiger partial charge on any atom is -0.462 e. The van der Waals surface area contributed by atoms with Crippen LogP contribution in [0.3, 0.4) is 0 Å². The number of nitrogens with zero attached hydrogens (tertiary/aromatic N) is 2. The molecule has 0 aromatic heterocycles. The van der Waals surface area contributed by atoms with E-state index in [2.05, 4.69) is 15.1 Å². The Bertz CT molecular complexity index is 788. The van der Waals surface area contributed by atoms with E-state index in [0.717, 1.165) is 36.9 Å². The number of ether oxygens (including phenoxy) is 1. The summed E-state index contributed by atoms with van der Waals surface area (Å²) in [6, 6.07) is 15.1. The molecule has 142 valence electrons. The zero-order chi connectivity index (χ0) is 19.2. The summed E-state index contributed by atoms with van der Waals surface area (Å²) in [7, 11) is 0. The van der Waals surface area contributed by atoms with Crippen molar-refractivity contribution in [1.29, 1.82) is 0 Å². The van der Waals surface area contributed by atoms with Gasteiger partial charge in [0.1, 0.15) is 0 Å². The first-order chi connectivity index (χ1) is 13.1. The fourth-order valence-corrected chi connectivity index (χ4v) is 3.35. The Labute approximate surface area is 169 Å². The summed E-state index contributed by atoms with van der Waals surface area (Å²) < 4.78 is 4.99. The Hall–Kier alpha value is -2.31. The summed E-state index contributed by atoms with van der Waals surface area (Å²) in [4.78, 5) is 16.2. The van der Waals surface area contributed by atoms with Crippen LogP contribution in [0.15, 0.2) is 48.5 Å². The molecule has 0 radical (unpaired) electrons. The van der Waals surface area contributed by atoms with Gasteiger partial charge in [-0.3, -0.25) is 0 Å². The Kier molecular flexibility index (Phi) is 6.53. The molecule has 1 N–H and O–H groups in total. The number of benzene rings is 2. The van der Waals surface area contributed by atoms with E-state index in [1.165, 1.54) is 5.69 Å². The number of anilines is 2. The number of nitrogens with one attached hydrogen (secondary N) is 1. The van der Waals surface area contributed by atoms with Gasteiger partial charge in [-0.05, 0) is 67.7 Å². The molecule has 3 rings (SSSR count). The molecule has 1 aliphatic rings. The first-order valence-corrected chi connectivity index (χ1v) is 9.69. The van der Waals surface area contributed by atoms with E-state index in [1.54, 1.807) is 19.1 Å². The predicted molar refractivity (Wildman–Crippen MR) is 114 cm³/mol. The smallest absolute Gasteiger partial charge is 0.338 e. The Morgan fingerprint density at radius 3 is 2.30 bits per heavy atom. The van der Waals surface area contributed by atoms with E-state index in [1.807, 2.05) is 36.4 Å².